The fourth-order valence-corrected chi connectivity index (χ4v) is 1.69. The maximum atomic E-state index is 11.2. The van der Waals surface area contributed by atoms with E-state index in [0.29, 0.717) is 5.57 Å². The first-order valence-corrected chi connectivity index (χ1v) is 4.72. The van der Waals surface area contributed by atoms with Crippen molar-refractivity contribution in [2.75, 3.05) is 0 Å². The summed E-state index contributed by atoms with van der Waals surface area (Å²) >= 11 is 0. The predicted molar refractivity (Wildman–Crippen MR) is 49.3 cm³/mol. The Morgan fingerprint density at radius 3 is 2.46 bits per heavy atom. The minimum absolute atomic E-state index is 0.0114. The van der Waals surface area contributed by atoms with Crippen LogP contribution >= 0.6 is 0 Å². The molecule has 1 heterocycles. The van der Waals surface area contributed by atoms with E-state index in [4.69, 9.17) is 4.74 Å². The third-order valence-electron chi connectivity index (χ3n) is 2.59. The second kappa shape index (κ2) is 3.81. The Morgan fingerprint density at radius 1 is 1.38 bits per heavy atom. The van der Waals surface area contributed by atoms with Crippen molar-refractivity contribution in [2.24, 2.45) is 5.92 Å². The number of aliphatic hydroxyl groups excluding tert-OH is 1. The summed E-state index contributed by atoms with van der Waals surface area (Å²) in [5, 5.41) is 9.69. The van der Waals surface area contributed by atoms with Crippen LogP contribution in [-0.2, 0) is 9.53 Å². The van der Waals surface area contributed by atoms with Gasteiger partial charge in [-0.15, -0.1) is 0 Å². The zero-order valence-corrected chi connectivity index (χ0v) is 8.33. The Balaban J connectivity index is 2.96. The van der Waals surface area contributed by atoms with Crippen LogP contribution < -0.4 is 0 Å². The average Bonchev–Trinajstić information content (AvgIpc) is 2.13. The van der Waals surface area contributed by atoms with Crippen molar-refractivity contribution in [1.82, 2.24) is 0 Å². The SMILES string of the molecule is CCC1OC(=O)C(C)=C(O)C1CC. The van der Waals surface area contributed by atoms with Gasteiger partial charge in [0, 0.05) is 0 Å². The van der Waals surface area contributed by atoms with Crippen molar-refractivity contribution in [3.8, 4) is 0 Å². The zero-order chi connectivity index (χ0) is 10.0. The fraction of sp³-hybridized carbons (Fsp3) is 0.700. The molecule has 0 amide bonds. The molecule has 0 saturated carbocycles. The molecule has 2 atom stereocenters. The second-order valence-electron chi connectivity index (χ2n) is 3.38. The number of carbonyl (C=O) groups is 1. The van der Waals surface area contributed by atoms with E-state index in [9.17, 15) is 9.90 Å². The molecule has 0 spiro atoms. The van der Waals surface area contributed by atoms with E-state index in [1.54, 1.807) is 6.92 Å². The van der Waals surface area contributed by atoms with Gasteiger partial charge in [0.05, 0.1) is 11.5 Å². The summed E-state index contributed by atoms with van der Waals surface area (Å²) in [7, 11) is 0. The Morgan fingerprint density at radius 2 is 2.00 bits per heavy atom. The largest absolute Gasteiger partial charge is 0.511 e. The first kappa shape index (κ1) is 10.1. The summed E-state index contributed by atoms with van der Waals surface area (Å²) in [6, 6.07) is 0. The van der Waals surface area contributed by atoms with Crippen LogP contribution in [0.15, 0.2) is 11.3 Å². The van der Waals surface area contributed by atoms with Gasteiger partial charge >= 0.3 is 5.97 Å². The molecule has 0 aliphatic carbocycles. The van der Waals surface area contributed by atoms with Gasteiger partial charge in [0.15, 0.2) is 0 Å². The lowest BCUT2D eigenvalue weighted by Crippen LogP contribution is -2.33. The number of carbonyl (C=O) groups excluding carboxylic acids is 1. The van der Waals surface area contributed by atoms with Gasteiger partial charge in [0.25, 0.3) is 0 Å². The fourth-order valence-electron chi connectivity index (χ4n) is 1.69. The Bertz CT molecular complexity index is 243. The summed E-state index contributed by atoms with van der Waals surface area (Å²) < 4.78 is 5.16. The van der Waals surface area contributed by atoms with Crippen molar-refractivity contribution in [3.05, 3.63) is 11.3 Å². The molecule has 3 heteroatoms. The summed E-state index contributed by atoms with van der Waals surface area (Å²) in [6.45, 7) is 5.54. The van der Waals surface area contributed by atoms with Crippen molar-refractivity contribution in [3.63, 3.8) is 0 Å². The molecule has 0 radical (unpaired) electrons. The van der Waals surface area contributed by atoms with E-state index in [2.05, 4.69) is 0 Å². The van der Waals surface area contributed by atoms with Gasteiger partial charge in [0.1, 0.15) is 11.9 Å². The van der Waals surface area contributed by atoms with Crippen LogP contribution in [0.25, 0.3) is 0 Å². The lowest BCUT2D eigenvalue weighted by atomic mass is 9.90. The molecule has 1 aliphatic rings. The molecule has 3 nitrogen and oxygen atoms in total. The lowest BCUT2D eigenvalue weighted by molar-refractivity contribution is -0.150. The Labute approximate surface area is 78.4 Å². The number of hydrogen-bond donors (Lipinski definition) is 1. The highest BCUT2D eigenvalue weighted by atomic mass is 16.5. The summed E-state index contributed by atoms with van der Waals surface area (Å²) in [5.74, 6) is -0.178. The van der Waals surface area contributed by atoms with E-state index < -0.39 is 0 Å². The molecular formula is C10H16O3. The number of hydrogen-bond acceptors (Lipinski definition) is 3. The second-order valence-corrected chi connectivity index (χ2v) is 3.38. The molecule has 0 fully saturated rings. The highest BCUT2D eigenvalue weighted by molar-refractivity contribution is 5.89. The number of cyclic esters (lactones) is 1. The third kappa shape index (κ3) is 1.69. The molecule has 13 heavy (non-hydrogen) atoms. The van der Waals surface area contributed by atoms with E-state index in [0.717, 1.165) is 12.8 Å². The van der Waals surface area contributed by atoms with Crippen LogP contribution in [0.5, 0.6) is 0 Å². The number of aliphatic hydroxyl groups is 1. The zero-order valence-electron chi connectivity index (χ0n) is 8.33. The highest BCUT2D eigenvalue weighted by Gasteiger charge is 2.33. The van der Waals surface area contributed by atoms with Crippen molar-refractivity contribution >= 4 is 5.97 Å². The highest BCUT2D eigenvalue weighted by Crippen LogP contribution is 2.29. The van der Waals surface area contributed by atoms with Crippen LogP contribution in [-0.4, -0.2) is 17.2 Å². The molecule has 1 rings (SSSR count). The molecule has 1 aliphatic heterocycles. The number of esters is 1. The normalized spacial score (nSPS) is 29.0. The summed E-state index contributed by atoms with van der Waals surface area (Å²) in [5.41, 5.74) is 0.358. The molecule has 0 aromatic rings. The summed E-state index contributed by atoms with van der Waals surface area (Å²) in [6.07, 6.45) is 1.40. The molecule has 0 aromatic carbocycles. The molecule has 74 valence electrons. The van der Waals surface area contributed by atoms with Gasteiger partial charge in [0.2, 0.25) is 0 Å². The maximum absolute atomic E-state index is 11.2. The van der Waals surface area contributed by atoms with Gasteiger partial charge in [-0.1, -0.05) is 13.8 Å². The van der Waals surface area contributed by atoms with Crippen molar-refractivity contribution < 1.29 is 14.6 Å². The van der Waals surface area contributed by atoms with E-state index in [1.165, 1.54) is 0 Å². The van der Waals surface area contributed by atoms with Gasteiger partial charge in [-0.3, -0.25) is 0 Å². The molecule has 0 aromatic heterocycles. The minimum Gasteiger partial charge on any atom is -0.511 e. The summed E-state index contributed by atoms with van der Waals surface area (Å²) in [4.78, 5) is 11.2. The quantitative estimate of drug-likeness (QED) is 0.669. The molecule has 0 saturated heterocycles. The molecular weight excluding hydrogens is 168 g/mol. The lowest BCUT2D eigenvalue weighted by Gasteiger charge is -2.30. The number of ether oxygens (including phenoxy) is 1. The first-order chi connectivity index (χ1) is 6.11. The van der Waals surface area contributed by atoms with Crippen LogP contribution in [0.3, 0.4) is 0 Å². The minimum atomic E-state index is -0.381. The Kier molecular flexibility index (Phi) is 2.96. The van der Waals surface area contributed by atoms with Gasteiger partial charge in [-0.2, -0.15) is 0 Å². The average molecular weight is 184 g/mol. The standard InChI is InChI=1S/C10H16O3/c1-4-7-8(5-2)13-10(12)6(3)9(7)11/h7-8,11H,4-5H2,1-3H3. The van der Waals surface area contributed by atoms with Crippen LogP contribution in [0.1, 0.15) is 33.6 Å². The van der Waals surface area contributed by atoms with Gasteiger partial charge < -0.3 is 9.84 Å². The topological polar surface area (TPSA) is 46.5 Å². The maximum Gasteiger partial charge on any atom is 0.337 e. The molecule has 1 N–H and O–H groups in total. The number of rotatable bonds is 2. The third-order valence-corrected chi connectivity index (χ3v) is 2.59. The van der Waals surface area contributed by atoms with Crippen molar-refractivity contribution in [2.45, 2.75) is 39.7 Å². The predicted octanol–water partition coefficient (Wildman–Crippen LogP) is 2.18. The van der Waals surface area contributed by atoms with Crippen molar-refractivity contribution in [1.29, 1.82) is 0 Å². The van der Waals surface area contributed by atoms with Gasteiger partial charge in [-0.25, -0.2) is 4.79 Å². The van der Waals surface area contributed by atoms with Crippen LogP contribution in [0, 0.1) is 5.92 Å². The monoisotopic (exact) mass is 184 g/mol. The van der Waals surface area contributed by atoms with E-state index in [1.807, 2.05) is 13.8 Å². The molecule has 2 unspecified atom stereocenters. The van der Waals surface area contributed by atoms with E-state index in [-0.39, 0.29) is 23.8 Å². The van der Waals surface area contributed by atoms with Crippen LogP contribution in [0.2, 0.25) is 0 Å². The molecule has 0 bridgehead atoms. The van der Waals surface area contributed by atoms with Crippen LogP contribution in [0.4, 0.5) is 0 Å². The van der Waals surface area contributed by atoms with E-state index >= 15 is 0 Å². The smallest absolute Gasteiger partial charge is 0.337 e. The Hall–Kier alpha value is -0.990. The van der Waals surface area contributed by atoms with Gasteiger partial charge in [-0.05, 0) is 19.8 Å². The first-order valence-electron chi connectivity index (χ1n) is 4.72.